The predicted molar refractivity (Wildman–Crippen MR) is 161 cm³/mol. The molecule has 4 aliphatic carbocycles. The van der Waals surface area contributed by atoms with Crippen molar-refractivity contribution in [3.63, 3.8) is 0 Å². The number of hydrogen-bond acceptors (Lipinski definition) is 7. The molecule has 7 rings (SSSR count). The summed E-state index contributed by atoms with van der Waals surface area (Å²) in [5, 5.41) is 22.6. The molecule has 4 saturated carbocycles. The van der Waals surface area contributed by atoms with Crippen molar-refractivity contribution in [3.05, 3.63) is 44.0 Å². The monoisotopic (exact) mass is 593 g/mol. The lowest BCUT2D eigenvalue weighted by atomic mass is 9.44. The summed E-state index contributed by atoms with van der Waals surface area (Å²) in [6, 6.07) is 4.59. The van der Waals surface area contributed by atoms with E-state index in [0.29, 0.717) is 17.3 Å². The van der Waals surface area contributed by atoms with Gasteiger partial charge >= 0.3 is 5.97 Å². The van der Waals surface area contributed by atoms with E-state index in [9.17, 15) is 25.0 Å². The normalized spacial score (nSPS) is 45.2. The number of benzene rings is 1. The molecule has 43 heavy (non-hydrogen) atoms. The van der Waals surface area contributed by atoms with Crippen molar-refractivity contribution in [2.24, 2.45) is 52.3 Å². The van der Waals surface area contributed by atoms with Crippen LogP contribution in [-0.2, 0) is 4.74 Å². The number of nitro benzene ring substituents is 2. The fourth-order valence-corrected chi connectivity index (χ4v) is 12.2. The molecule has 0 spiro atoms. The minimum Gasteiger partial charge on any atom is -0.459 e. The highest BCUT2D eigenvalue weighted by molar-refractivity contribution is 5.91. The van der Waals surface area contributed by atoms with Gasteiger partial charge in [-0.3, -0.25) is 25.1 Å². The lowest BCUT2D eigenvalue weighted by Gasteiger charge is -2.61. The van der Waals surface area contributed by atoms with E-state index < -0.39 is 27.2 Å². The molecule has 6 fully saturated rings. The van der Waals surface area contributed by atoms with E-state index in [-0.39, 0.29) is 17.1 Å². The molecule has 0 aromatic heterocycles. The highest BCUT2D eigenvalue weighted by atomic mass is 16.6. The Hall–Kier alpha value is -2.55. The average Bonchev–Trinajstić information content (AvgIpc) is 3.44. The zero-order chi connectivity index (χ0) is 30.4. The summed E-state index contributed by atoms with van der Waals surface area (Å²) >= 11 is 0. The summed E-state index contributed by atoms with van der Waals surface area (Å²) in [6.07, 6.45) is 11.6. The van der Waals surface area contributed by atoms with E-state index >= 15 is 0 Å². The summed E-state index contributed by atoms with van der Waals surface area (Å²) in [5.41, 5.74) is -0.395. The number of piperidine rings is 1. The smallest absolute Gasteiger partial charge is 0.338 e. The number of esters is 1. The van der Waals surface area contributed by atoms with Gasteiger partial charge in [0.1, 0.15) is 6.10 Å². The fraction of sp³-hybridized carbons (Fsp3) is 0.794. The largest absolute Gasteiger partial charge is 0.459 e. The molecular formula is C34H47N3O6. The Morgan fingerprint density at radius 1 is 0.860 bits per heavy atom. The molecule has 0 bridgehead atoms. The Balaban J connectivity index is 1.05. The zero-order valence-corrected chi connectivity index (χ0v) is 26.1. The van der Waals surface area contributed by atoms with Crippen molar-refractivity contribution in [2.45, 2.75) is 110 Å². The number of nitrogens with zero attached hydrogens (tertiary/aromatic N) is 3. The van der Waals surface area contributed by atoms with Crippen LogP contribution in [0.25, 0.3) is 0 Å². The lowest BCUT2D eigenvalue weighted by Crippen LogP contribution is -2.54. The number of fused-ring (bicyclic) bond motifs is 9. The van der Waals surface area contributed by atoms with Crippen LogP contribution in [0.3, 0.4) is 0 Å². The first-order valence-electron chi connectivity index (χ1n) is 16.8. The molecule has 0 amide bonds. The minimum absolute atomic E-state index is 0.129. The molecule has 9 nitrogen and oxygen atoms in total. The molecule has 0 N–H and O–H groups in total. The van der Waals surface area contributed by atoms with Gasteiger partial charge in [-0.25, -0.2) is 4.79 Å². The number of carbonyl (C=O) groups is 1. The molecule has 2 aliphatic heterocycles. The standard InChI is InChI=1S/C34H47N3O6/c1-19-5-8-29-20(2)31-30(35(29)18-19)17-28-26-7-6-22-15-25(9-11-33(22,3)27(26)10-12-34(28,31)4)43-32(38)21-13-23(36(39)40)16-24(14-21)37(41)42/h13-14,16,19-20,22,25-31H,5-12,15,17-18H2,1-4H3/t19-,20+,22?,25?,26+,27-,28-,29+,30-,31-,33-,34-/m0/s1. The lowest BCUT2D eigenvalue weighted by molar-refractivity contribution is -0.394. The zero-order valence-electron chi connectivity index (χ0n) is 26.1. The molecule has 1 aromatic rings. The molecule has 234 valence electrons. The molecule has 0 radical (unpaired) electrons. The summed E-state index contributed by atoms with van der Waals surface area (Å²) in [4.78, 5) is 37.2. The van der Waals surface area contributed by atoms with E-state index in [1.807, 2.05) is 0 Å². The van der Waals surface area contributed by atoms with Crippen LogP contribution in [0.2, 0.25) is 0 Å². The van der Waals surface area contributed by atoms with Crippen LogP contribution in [-0.4, -0.2) is 45.4 Å². The Bertz CT molecular complexity index is 1300. The number of non-ortho nitro benzene ring substituents is 2. The van der Waals surface area contributed by atoms with Gasteiger partial charge in [-0.05, 0) is 116 Å². The third-order valence-corrected chi connectivity index (χ3v) is 14.1. The summed E-state index contributed by atoms with van der Waals surface area (Å²) in [6.45, 7) is 11.5. The summed E-state index contributed by atoms with van der Waals surface area (Å²) < 4.78 is 5.89. The number of hydrogen-bond donors (Lipinski definition) is 0. The van der Waals surface area contributed by atoms with Crippen LogP contribution in [0.5, 0.6) is 0 Å². The highest BCUT2D eigenvalue weighted by Crippen LogP contribution is 2.70. The van der Waals surface area contributed by atoms with Gasteiger partial charge in [0.15, 0.2) is 0 Å². The molecular weight excluding hydrogens is 546 g/mol. The fourth-order valence-electron chi connectivity index (χ4n) is 12.2. The van der Waals surface area contributed by atoms with Crippen molar-refractivity contribution in [1.29, 1.82) is 0 Å². The van der Waals surface area contributed by atoms with Gasteiger partial charge in [0, 0.05) is 30.8 Å². The third-order valence-electron chi connectivity index (χ3n) is 14.1. The van der Waals surface area contributed by atoms with Crippen LogP contribution in [0.4, 0.5) is 11.4 Å². The first-order chi connectivity index (χ1) is 20.4. The van der Waals surface area contributed by atoms with Gasteiger partial charge in [0.05, 0.1) is 21.5 Å². The number of rotatable bonds is 4. The summed E-state index contributed by atoms with van der Waals surface area (Å²) in [5.74, 6) is 4.52. The Morgan fingerprint density at radius 2 is 1.56 bits per heavy atom. The first-order valence-corrected chi connectivity index (χ1v) is 16.8. The van der Waals surface area contributed by atoms with Crippen molar-refractivity contribution in [3.8, 4) is 0 Å². The molecule has 12 atom stereocenters. The van der Waals surface area contributed by atoms with E-state index in [1.54, 1.807) is 0 Å². The van der Waals surface area contributed by atoms with E-state index in [4.69, 9.17) is 4.74 Å². The molecule has 6 aliphatic rings. The predicted octanol–water partition coefficient (Wildman–Crippen LogP) is 7.42. The first kappa shape index (κ1) is 29.2. The van der Waals surface area contributed by atoms with Crippen LogP contribution >= 0.6 is 0 Å². The molecule has 2 saturated heterocycles. The number of ether oxygens (including phenoxy) is 1. The Morgan fingerprint density at radius 3 is 2.26 bits per heavy atom. The number of nitro groups is 2. The van der Waals surface area contributed by atoms with E-state index in [2.05, 4.69) is 32.6 Å². The van der Waals surface area contributed by atoms with Gasteiger partial charge in [-0.2, -0.15) is 0 Å². The molecule has 9 heteroatoms. The van der Waals surface area contributed by atoms with Crippen LogP contribution in [0, 0.1) is 72.5 Å². The van der Waals surface area contributed by atoms with Crippen molar-refractivity contribution in [1.82, 2.24) is 4.90 Å². The molecule has 2 heterocycles. The second-order valence-electron chi connectivity index (χ2n) is 15.9. The van der Waals surface area contributed by atoms with Crippen LogP contribution in [0.15, 0.2) is 18.2 Å². The van der Waals surface area contributed by atoms with Crippen molar-refractivity contribution >= 4 is 17.3 Å². The maximum atomic E-state index is 13.1. The second kappa shape index (κ2) is 10.2. The summed E-state index contributed by atoms with van der Waals surface area (Å²) in [7, 11) is 0. The quantitative estimate of drug-likeness (QED) is 0.203. The second-order valence-corrected chi connectivity index (χ2v) is 15.9. The topological polar surface area (TPSA) is 116 Å². The Kier molecular flexibility index (Phi) is 6.95. The Labute approximate surface area is 254 Å². The van der Waals surface area contributed by atoms with Gasteiger partial charge in [0.2, 0.25) is 0 Å². The van der Waals surface area contributed by atoms with Crippen molar-refractivity contribution in [2.75, 3.05) is 6.54 Å². The average molecular weight is 594 g/mol. The van der Waals surface area contributed by atoms with E-state index in [0.717, 1.165) is 85.6 Å². The maximum Gasteiger partial charge on any atom is 0.338 e. The maximum absolute atomic E-state index is 13.1. The number of carbonyl (C=O) groups excluding carboxylic acids is 1. The molecule has 1 aromatic carbocycles. The van der Waals surface area contributed by atoms with Crippen LogP contribution < -0.4 is 0 Å². The SMILES string of the molecule is C[C@H]1CC[C@@H]2[C@@H](C)[C@H]3[C@H](C[C@H]4[C@@H]5CCC6CC(OC(=O)c7cc([N+](=O)[O-])cc([N+](=O)[O-])c7)CC[C@]6(C)[C@H]5CC[C@]34C)N2C1. The third kappa shape index (κ3) is 4.45. The van der Waals surface area contributed by atoms with Gasteiger partial charge in [-0.1, -0.05) is 27.7 Å². The van der Waals surface area contributed by atoms with Crippen LogP contribution in [0.1, 0.15) is 102 Å². The van der Waals surface area contributed by atoms with Gasteiger partial charge < -0.3 is 4.74 Å². The van der Waals surface area contributed by atoms with Crippen molar-refractivity contribution < 1.29 is 19.4 Å². The van der Waals surface area contributed by atoms with Gasteiger partial charge in [0.25, 0.3) is 11.4 Å². The van der Waals surface area contributed by atoms with E-state index in [1.165, 1.54) is 45.1 Å². The molecule has 2 unspecified atom stereocenters. The highest BCUT2D eigenvalue weighted by Gasteiger charge is 2.67. The minimum atomic E-state index is -0.715. The van der Waals surface area contributed by atoms with Gasteiger partial charge in [-0.15, -0.1) is 0 Å².